The molecule has 0 N–H and O–H groups in total. The summed E-state index contributed by atoms with van der Waals surface area (Å²) in [6.45, 7) is 2.03. The Hall–Kier alpha value is -4.32. The van der Waals surface area contributed by atoms with Gasteiger partial charge in [-0.05, 0) is 30.2 Å². The van der Waals surface area contributed by atoms with Crippen LogP contribution in [-0.2, 0) is 14.1 Å². The summed E-state index contributed by atoms with van der Waals surface area (Å²) in [6.07, 6.45) is -0.490. The highest BCUT2D eigenvalue weighted by molar-refractivity contribution is 5.98. The fourth-order valence-corrected chi connectivity index (χ4v) is 4.95. The van der Waals surface area contributed by atoms with Crippen LogP contribution < -0.4 is 16.0 Å². The lowest BCUT2D eigenvalue weighted by Gasteiger charge is -2.30. The first-order chi connectivity index (χ1) is 16.5. The van der Waals surface area contributed by atoms with Crippen molar-refractivity contribution in [3.05, 3.63) is 117 Å². The Labute approximate surface area is 195 Å². The monoisotopic (exact) mass is 449 g/mol. The van der Waals surface area contributed by atoms with Gasteiger partial charge in [-0.25, -0.2) is 4.79 Å². The fraction of sp³-hybridized carbons (Fsp3) is 0.143. The second-order valence-corrected chi connectivity index (χ2v) is 8.74. The van der Waals surface area contributed by atoms with Gasteiger partial charge in [0.2, 0.25) is 0 Å². The van der Waals surface area contributed by atoms with Gasteiger partial charge in [0, 0.05) is 14.1 Å². The predicted octanol–water partition coefficient (Wildman–Crippen LogP) is 4.49. The summed E-state index contributed by atoms with van der Waals surface area (Å²) < 4.78 is 11.4. The first-order valence-corrected chi connectivity index (χ1v) is 11.2. The molecule has 5 aromatic rings. The maximum Gasteiger partial charge on any atom is 0.331 e. The zero-order valence-electron chi connectivity index (χ0n) is 19.1. The summed E-state index contributed by atoms with van der Waals surface area (Å²) in [6, 6.07) is 25.8. The minimum Gasteiger partial charge on any atom is -0.477 e. The Bertz CT molecular complexity index is 1690. The summed E-state index contributed by atoms with van der Waals surface area (Å²) in [7, 11) is 3.24. The molecule has 2 aromatic heterocycles. The molecule has 1 atom stereocenters. The van der Waals surface area contributed by atoms with Crippen molar-refractivity contribution in [3.8, 4) is 22.7 Å². The van der Waals surface area contributed by atoms with Crippen LogP contribution in [0.5, 0.6) is 5.75 Å². The number of rotatable bonds is 2. The third-order valence-corrected chi connectivity index (χ3v) is 6.64. The lowest BCUT2D eigenvalue weighted by molar-refractivity contribution is 0.229. The smallest absolute Gasteiger partial charge is 0.331 e. The van der Waals surface area contributed by atoms with Crippen LogP contribution in [0.3, 0.4) is 0 Å². The van der Waals surface area contributed by atoms with E-state index in [1.807, 2.05) is 85.8 Å². The summed E-state index contributed by atoms with van der Waals surface area (Å²) in [4.78, 5) is 26.7. The van der Waals surface area contributed by atoms with Crippen LogP contribution in [0.2, 0.25) is 0 Å². The minimum absolute atomic E-state index is 0.320. The van der Waals surface area contributed by atoms with Gasteiger partial charge in [-0.15, -0.1) is 0 Å². The summed E-state index contributed by atoms with van der Waals surface area (Å²) in [5.74, 6) is 0.722. The number of ether oxygens (including phenoxy) is 1. The van der Waals surface area contributed by atoms with Gasteiger partial charge >= 0.3 is 5.69 Å². The topological polar surface area (TPSA) is 58.2 Å². The Balaban J connectivity index is 1.87. The van der Waals surface area contributed by atoms with E-state index >= 15 is 0 Å². The highest BCUT2D eigenvalue weighted by Crippen LogP contribution is 2.46. The normalized spacial score (nSPS) is 14.5. The first-order valence-electron chi connectivity index (χ1n) is 11.2. The van der Waals surface area contributed by atoms with Crippen molar-refractivity contribution in [2.45, 2.75) is 13.0 Å². The predicted molar refractivity (Wildman–Crippen MR) is 133 cm³/mol. The molecule has 1 aliphatic heterocycles. The van der Waals surface area contributed by atoms with Crippen LogP contribution in [0.25, 0.3) is 27.8 Å². The molecule has 0 saturated carbocycles. The van der Waals surface area contributed by atoms with Crippen molar-refractivity contribution in [1.82, 2.24) is 13.7 Å². The molecule has 6 heteroatoms. The molecule has 0 amide bonds. The molecular weight excluding hydrogens is 426 g/mol. The van der Waals surface area contributed by atoms with Crippen LogP contribution in [0.15, 0.2) is 88.5 Å². The van der Waals surface area contributed by atoms with Gasteiger partial charge in [0.15, 0.2) is 6.10 Å². The van der Waals surface area contributed by atoms with E-state index in [1.165, 1.54) is 11.6 Å². The Morgan fingerprint density at radius 2 is 1.47 bits per heavy atom. The van der Waals surface area contributed by atoms with Crippen molar-refractivity contribution >= 4 is 10.9 Å². The quantitative estimate of drug-likeness (QED) is 0.399. The second kappa shape index (κ2) is 7.35. The van der Waals surface area contributed by atoms with Gasteiger partial charge in [-0.2, -0.15) is 0 Å². The van der Waals surface area contributed by atoms with E-state index in [2.05, 4.69) is 4.57 Å². The molecule has 0 bridgehead atoms. The van der Waals surface area contributed by atoms with Gasteiger partial charge in [-0.1, -0.05) is 72.3 Å². The molecule has 0 unspecified atom stereocenters. The molecule has 3 heterocycles. The maximum atomic E-state index is 13.6. The van der Waals surface area contributed by atoms with E-state index in [4.69, 9.17) is 4.74 Å². The number of benzene rings is 3. The molecule has 34 heavy (non-hydrogen) atoms. The lowest BCUT2D eigenvalue weighted by Crippen LogP contribution is -2.37. The van der Waals surface area contributed by atoms with Crippen molar-refractivity contribution in [2.75, 3.05) is 0 Å². The van der Waals surface area contributed by atoms with Crippen LogP contribution in [0.1, 0.15) is 22.9 Å². The van der Waals surface area contributed by atoms with E-state index < -0.39 is 6.10 Å². The summed E-state index contributed by atoms with van der Waals surface area (Å²) in [5, 5.41) is 0.504. The fourth-order valence-electron chi connectivity index (χ4n) is 4.95. The van der Waals surface area contributed by atoms with Crippen molar-refractivity contribution in [2.24, 2.45) is 14.1 Å². The van der Waals surface area contributed by atoms with Crippen molar-refractivity contribution < 1.29 is 4.74 Å². The number of hydrogen-bond donors (Lipinski definition) is 0. The first kappa shape index (κ1) is 20.3. The number of aryl methyl sites for hydroxylation is 2. The van der Waals surface area contributed by atoms with Gasteiger partial charge in [0.05, 0.1) is 28.0 Å². The third kappa shape index (κ3) is 2.75. The highest BCUT2D eigenvalue weighted by Gasteiger charge is 2.36. The van der Waals surface area contributed by atoms with Crippen LogP contribution in [-0.4, -0.2) is 13.7 Å². The Morgan fingerprint density at radius 1 is 0.794 bits per heavy atom. The molecule has 0 fully saturated rings. The van der Waals surface area contributed by atoms with Crippen LogP contribution in [0.4, 0.5) is 0 Å². The number of hydrogen-bond acceptors (Lipinski definition) is 3. The molecule has 1 aliphatic rings. The zero-order chi connectivity index (χ0) is 23.6. The zero-order valence-corrected chi connectivity index (χ0v) is 19.1. The van der Waals surface area contributed by atoms with E-state index in [0.717, 1.165) is 39.5 Å². The van der Waals surface area contributed by atoms with E-state index in [0.29, 0.717) is 10.9 Å². The average Bonchev–Trinajstić information content (AvgIpc) is 3.23. The van der Waals surface area contributed by atoms with E-state index in [9.17, 15) is 9.59 Å². The van der Waals surface area contributed by atoms with Gasteiger partial charge in [0.1, 0.15) is 5.75 Å². The molecule has 6 rings (SSSR count). The Morgan fingerprint density at radius 3 is 2.21 bits per heavy atom. The van der Waals surface area contributed by atoms with E-state index in [1.54, 1.807) is 11.6 Å². The molecule has 168 valence electrons. The standard InChI is InChI=1S/C28H23N3O3/c1-17-13-15-18(16-14-17)23-22-24(29(2)28(33)30(3)27(22)32)25-26(19-9-5-4-6-10-19)34-21-12-8-7-11-20(21)31(23)25/h4-16,26H,1-3H3/t26-/m0/s1. The highest BCUT2D eigenvalue weighted by atomic mass is 16.5. The molecule has 0 radical (unpaired) electrons. The Kier molecular flexibility index (Phi) is 4.39. The number of nitrogens with zero attached hydrogens (tertiary/aromatic N) is 3. The summed E-state index contributed by atoms with van der Waals surface area (Å²) in [5.41, 5.74) is 5.25. The van der Waals surface area contributed by atoms with Gasteiger partial charge < -0.3 is 9.30 Å². The summed E-state index contributed by atoms with van der Waals surface area (Å²) >= 11 is 0. The lowest BCUT2D eigenvalue weighted by atomic mass is 10.0. The molecular formula is C28H23N3O3. The number of aromatic nitrogens is 3. The van der Waals surface area contributed by atoms with Crippen molar-refractivity contribution in [1.29, 1.82) is 0 Å². The number of para-hydroxylation sites is 2. The largest absolute Gasteiger partial charge is 0.477 e. The maximum absolute atomic E-state index is 13.6. The van der Waals surface area contributed by atoms with Crippen molar-refractivity contribution in [3.63, 3.8) is 0 Å². The van der Waals surface area contributed by atoms with Crippen LogP contribution >= 0.6 is 0 Å². The molecule has 0 saturated heterocycles. The molecule has 0 aliphatic carbocycles. The number of fused-ring (bicyclic) bond motifs is 5. The third-order valence-electron chi connectivity index (χ3n) is 6.64. The van der Waals surface area contributed by atoms with E-state index in [-0.39, 0.29) is 11.2 Å². The van der Waals surface area contributed by atoms with Crippen LogP contribution in [0, 0.1) is 6.92 Å². The SMILES string of the molecule is Cc1ccc(-c2c3c(=O)n(C)c(=O)n(C)c3c3n2-c2ccccc2O[C@H]3c2ccccc2)cc1. The van der Waals surface area contributed by atoms with Gasteiger partial charge in [0.25, 0.3) is 5.56 Å². The van der Waals surface area contributed by atoms with Gasteiger partial charge in [-0.3, -0.25) is 13.9 Å². The average molecular weight is 450 g/mol. The second-order valence-electron chi connectivity index (χ2n) is 8.74. The molecule has 0 spiro atoms. The minimum atomic E-state index is -0.490. The molecule has 6 nitrogen and oxygen atoms in total. The molecule has 3 aromatic carbocycles.